The molecule has 0 aromatic carbocycles. The van der Waals surface area contributed by atoms with Gasteiger partial charge in [0.1, 0.15) is 0 Å². The molecule has 0 nitrogen and oxygen atoms in total. The van der Waals surface area contributed by atoms with Gasteiger partial charge < -0.3 is 14.9 Å². The van der Waals surface area contributed by atoms with E-state index < -0.39 is 0 Å². The van der Waals surface area contributed by atoms with Crippen LogP contribution in [0.5, 0.6) is 0 Å². The zero-order chi connectivity index (χ0) is 22.6. The third-order valence-corrected chi connectivity index (χ3v) is 4.82. The van der Waals surface area contributed by atoms with Crippen LogP contribution in [0, 0.1) is 48.7 Å². The Kier molecular flexibility index (Phi) is 21.8. The number of halogens is 2. The van der Waals surface area contributed by atoms with Crippen LogP contribution in [0.15, 0.2) is 34.4 Å². The summed E-state index contributed by atoms with van der Waals surface area (Å²) in [6, 6.07) is 0. The van der Waals surface area contributed by atoms with Gasteiger partial charge in [0.15, 0.2) is 0 Å². The van der Waals surface area contributed by atoms with Gasteiger partial charge in [-0.1, -0.05) is 93.9 Å². The van der Waals surface area contributed by atoms with Gasteiger partial charge in [-0.05, 0) is 10.8 Å². The van der Waals surface area contributed by atoms with Crippen molar-refractivity contribution >= 4 is 31.7 Å². The third-order valence-electron chi connectivity index (χ3n) is 4.82. The van der Waals surface area contributed by atoms with Gasteiger partial charge in [-0.25, -0.2) is 11.1 Å². The first kappa shape index (κ1) is 42.8. The van der Waals surface area contributed by atoms with Gasteiger partial charge in [0, 0.05) is 0 Å². The number of rotatable bonds is 0. The fourth-order valence-corrected chi connectivity index (χ4v) is 3.61. The summed E-state index contributed by atoms with van der Waals surface area (Å²) in [5.41, 5.74) is 6.84. The minimum absolute atomic E-state index is 0. The van der Waals surface area contributed by atoms with Crippen LogP contribution in [0.2, 0.25) is 0 Å². The molecule has 0 saturated heterocycles. The molecule has 0 aromatic heterocycles. The van der Waals surface area contributed by atoms with Gasteiger partial charge >= 0.3 is 30.2 Å². The SMILES string of the molecule is CC(C)(C)C1=[C-]CC=C1C(C)(C)C.CC(C)(C)C1=[C-]CC=C1C(C)(C)C.Cl.Cl.[CH3-].[CH3-].[SiH2]=[Zr]. The maximum absolute atomic E-state index is 3.48. The van der Waals surface area contributed by atoms with E-state index in [9.17, 15) is 0 Å². The first-order chi connectivity index (χ1) is 12.5. The molecule has 4 heteroatoms. The fourth-order valence-electron chi connectivity index (χ4n) is 3.61. The summed E-state index contributed by atoms with van der Waals surface area (Å²) in [6.07, 6.45) is 13.6. The van der Waals surface area contributed by atoms with E-state index >= 15 is 0 Å². The Hall–Kier alpha value is 0.640. The maximum atomic E-state index is 3.48. The molecule has 0 atom stereocenters. The summed E-state index contributed by atoms with van der Waals surface area (Å²) in [5, 5.41) is 0. The topological polar surface area (TPSA) is 0 Å². The Bertz CT molecular complexity index is 542. The van der Waals surface area contributed by atoms with Gasteiger partial charge in [0.2, 0.25) is 0 Å². The van der Waals surface area contributed by atoms with Crippen molar-refractivity contribution in [2.75, 3.05) is 0 Å². The van der Waals surface area contributed by atoms with Gasteiger partial charge in [-0.3, -0.25) is 12.2 Å². The molecular weight excluding hydrogens is 527 g/mol. The number of hydrogen-bond acceptors (Lipinski definition) is 0. The van der Waals surface area contributed by atoms with Crippen LogP contribution in [-0.2, 0) is 23.3 Å². The van der Waals surface area contributed by atoms with Crippen LogP contribution >= 0.6 is 24.8 Å². The van der Waals surface area contributed by atoms with E-state index in [4.69, 9.17) is 0 Å². The molecule has 0 bridgehead atoms. The molecule has 2 aliphatic carbocycles. The summed E-state index contributed by atoms with van der Waals surface area (Å²) in [6.45, 7) is 29.2. The van der Waals surface area contributed by atoms with E-state index in [1.165, 1.54) is 22.3 Å². The first-order valence-electron chi connectivity index (χ1n) is 10.5. The van der Waals surface area contributed by atoms with E-state index in [2.05, 4.69) is 107 Å². The van der Waals surface area contributed by atoms with Crippen molar-refractivity contribution in [1.29, 1.82) is 0 Å². The molecule has 32 heavy (non-hydrogen) atoms. The second kappa shape index (κ2) is 16.3. The van der Waals surface area contributed by atoms with Gasteiger partial charge in [0.05, 0.1) is 0 Å². The van der Waals surface area contributed by atoms with Gasteiger partial charge in [-0.15, -0.1) is 37.7 Å². The molecular formula is C28H52Cl2SiZr-4. The second-order valence-electron chi connectivity index (χ2n) is 11.7. The predicted octanol–water partition coefficient (Wildman–Crippen LogP) is 9.10. The quantitative estimate of drug-likeness (QED) is 0.199. The van der Waals surface area contributed by atoms with Crippen molar-refractivity contribution in [3.05, 3.63) is 61.4 Å². The molecule has 0 fully saturated rings. The fraction of sp³-hybridized carbons (Fsp3) is 0.643. The van der Waals surface area contributed by atoms with Crippen molar-refractivity contribution in [1.82, 2.24) is 0 Å². The molecule has 0 spiro atoms. The summed E-state index contributed by atoms with van der Waals surface area (Å²) in [7, 11) is 0. The zero-order valence-electron chi connectivity index (χ0n) is 23.6. The molecule has 0 N–H and O–H groups in total. The standard InChI is InChI=1S/2C13H21.2CH3.2ClH.H2Si.Zr/c2*1-12(2,3)10-8-7-9-11(10)13(4,5)6;;;;;;/h2*8H,7H2,1-6H3;2*1H3;2*1H;1H2;/q4*-1;;;;. The van der Waals surface area contributed by atoms with Crippen LogP contribution in [0.3, 0.4) is 0 Å². The Labute approximate surface area is 232 Å². The molecule has 0 amide bonds. The number of hydrogen-bond donors (Lipinski definition) is 0. The van der Waals surface area contributed by atoms with E-state index in [0.717, 1.165) is 12.8 Å². The normalized spacial score (nSPS) is 15.2. The average molecular weight is 579 g/mol. The van der Waals surface area contributed by atoms with Crippen molar-refractivity contribution in [3.63, 3.8) is 0 Å². The molecule has 0 saturated carbocycles. The predicted molar refractivity (Wildman–Crippen MR) is 153 cm³/mol. The average Bonchev–Trinajstić information content (AvgIpc) is 3.17. The van der Waals surface area contributed by atoms with Crippen LogP contribution in [-0.4, -0.2) is 6.88 Å². The third kappa shape index (κ3) is 13.5. The van der Waals surface area contributed by atoms with Crippen molar-refractivity contribution in [2.45, 2.75) is 95.9 Å². The van der Waals surface area contributed by atoms with E-state index in [0.29, 0.717) is 0 Å². The monoisotopic (exact) mass is 576 g/mol. The van der Waals surface area contributed by atoms with Crippen LogP contribution in [0.25, 0.3) is 0 Å². The van der Waals surface area contributed by atoms with Gasteiger partial charge in [0.25, 0.3) is 0 Å². The second-order valence-corrected chi connectivity index (χ2v) is 11.7. The van der Waals surface area contributed by atoms with Crippen LogP contribution in [0.4, 0.5) is 0 Å². The Morgan fingerprint density at radius 2 is 0.781 bits per heavy atom. The van der Waals surface area contributed by atoms with E-state index in [-0.39, 0.29) is 61.3 Å². The van der Waals surface area contributed by atoms with Crippen molar-refractivity contribution < 1.29 is 23.3 Å². The summed E-state index contributed by atoms with van der Waals surface area (Å²) < 4.78 is 0. The molecule has 0 aliphatic heterocycles. The molecule has 2 aliphatic rings. The Balaban J connectivity index is -0.000000126. The van der Waals surface area contributed by atoms with Crippen molar-refractivity contribution in [2.24, 2.45) is 21.7 Å². The molecule has 0 radical (unpaired) electrons. The molecule has 0 unspecified atom stereocenters. The van der Waals surface area contributed by atoms with E-state index in [1.807, 2.05) is 6.88 Å². The molecule has 190 valence electrons. The Morgan fingerprint density at radius 1 is 0.562 bits per heavy atom. The minimum atomic E-state index is 0. The molecule has 2 rings (SSSR count). The molecule has 0 aromatic rings. The van der Waals surface area contributed by atoms with Crippen LogP contribution < -0.4 is 0 Å². The summed E-state index contributed by atoms with van der Waals surface area (Å²) in [4.78, 5) is 0. The Morgan fingerprint density at radius 3 is 0.906 bits per heavy atom. The summed E-state index contributed by atoms with van der Waals surface area (Å²) in [5.74, 6) is 0. The van der Waals surface area contributed by atoms with Crippen LogP contribution in [0.1, 0.15) is 95.9 Å². The van der Waals surface area contributed by atoms with Gasteiger partial charge in [-0.2, -0.15) is 23.3 Å². The first-order valence-corrected chi connectivity index (χ1v) is 16.4. The number of allylic oxidation sites excluding steroid dienone is 8. The summed E-state index contributed by atoms with van der Waals surface area (Å²) >= 11 is 1.58. The van der Waals surface area contributed by atoms with E-state index in [1.54, 1.807) is 23.3 Å². The van der Waals surface area contributed by atoms with Crippen molar-refractivity contribution in [3.8, 4) is 0 Å². The molecule has 0 heterocycles. The zero-order valence-corrected chi connectivity index (χ0v) is 29.1.